The second-order valence-electron chi connectivity index (χ2n) is 7.00. The minimum atomic E-state index is -0.634. The lowest BCUT2D eigenvalue weighted by Crippen LogP contribution is -2.26. The van der Waals surface area contributed by atoms with Gasteiger partial charge in [0.05, 0.1) is 24.9 Å². The van der Waals surface area contributed by atoms with Gasteiger partial charge in [-0.15, -0.1) is 0 Å². The molecule has 2 N–H and O–H groups in total. The molecular weight excluding hydrogens is 425 g/mol. The van der Waals surface area contributed by atoms with Crippen LogP contribution in [-0.4, -0.2) is 31.2 Å². The molecule has 170 valence electrons. The van der Waals surface area contributed by atoms with Gasteiger partial charge in [-0.25, -0.2) is 14.6 Å². The van der Waals surface area contributed by atoms with E-state index in [2.05, 4.69) is 15.8 Å². The number of carbonyl (C=O) groups excluding carboxylic acids is 2. The normalized spacial score (nSPS) is 10.6. The fraction of sp³-hybridized carbons (Fsp3) is 0.160. The van der Waals surface area contributed by atoms with Crippen molar-refractivity contribution in [3.05, 3.63) is 89.2 Å². The predicted octanol–water partition coefficient (Wildman–Crippen LogP) is 4.31. The van der Waals surface area contributed by atoms with E-state index in [1.165, 1.54) is 30.5 Å². The van der Waals surface area contributed by atoms with Crippen molar-refractivity contribution < 1.29 is 23.5 Å². The van der Waals surface area contributed by atoms with Crippen molar-refractivity contribution in [3.63, 3.8) is 0 Å². The van der Waals surface area contributed by atoms with Crippen LogP contribution in [0.25, 0.3) is 0 Å². The molecule has 8 heteroatoms. The zero-order valence-electron chi connectivity index (χ0n) is 18.3. The van der Waals surface area contributed by atoms with Gasteiger partial charge < -0.3 is 14.8 Å². The maximum atomic E-state index is 13.1. The lowest BCUT2D eigenvalue weighted by atomic mass is 10.2. The van der Waals surface area contributed by atoms with E-state index in [-0.39, 0.29) is 23.8 Å². The molecule has 0 radical (unpaired) electrons. The summed E-state index contributed by atoms with van der Waals surface area (Å²) >= 11 is 0. The number of carbonyl (C=O) groups is 2. The van der Waals surface area contributed by atoms with E-state index < -0.39 is 11.8 Å². The molecule has 3 aromatic rings. The molecule has 0 heterocycles. The summed E-state index contributed by atoms with van der Waals surface area (Å²) in [6, 6.07) is 17.6. The van der Waals surface area contributed by atoms with Gasteiger partial charge in [0.2, 0.25) is 0 Å². The first-order valence-corrected chi connectivity index (χ1v) is 10.3. The van der Waals surface area contributed by atoms with Crippen LogP contribution in [0.5, 0.6) is 11.5 Å². The van der Waals surface area contributed by atoms with E-state index in [0.717, 1.165) is 11.3 Å². The zero-order valence-corrected chi connectivity index (χ0v) is 18.3. The Hall–Kier alpha value is -4.20. The number of benzene rings is 3. The highest BCUT2D eigenvalue weighted by Gasteiger charge is 2.13. The van der Waals surface area contributed by atoms with E-state index in [0.29, 0.717) is 17.9 Å². The number of ether oxygens (including phenoxy) is 2. The number of esters is 1. The Morgan fingerprint density at radius 3 is 2.52 bits per heavy atom. The highest BCUT2D eigenvalue weighted by atomic mass is 19.1. The van der Waals surface area contributed by atoms with Gasteiger partial charge in [-0.1, -0.05) is 18.2 Å². The second-order valence-corrected chi connectivity index (χ2v) is 7.00. The standard InChI is InChI=1S/C25H24FN3O4/c1-3-32-23-14-18(8-13-22(23)33-25(31)19-9-11-20(26)12-10-19)15-28-29-24(30)16-27-21-7-5-4-6-17(21)2/h4-15,27H,3,16H2,1-2H3,(H,29,30). The van der Waals surface area contributed by atoms with Gasteiger partial charge in [0.1, 0.15) is 5.82 Å². The van der Waals surface area contributed by atoms with Crippen LogP contribution in [0.2, 0.25) is 0 Å². The van der Waals surface area contributed by atoms with Gasteiger partial charge >= 0.3 is 5.97 Å². The summed E-state index contributed by atoms with van der Waals surface area (Å²) in [5, 5.41) is 7.01. The first-order chi connectivity index (χ1) is 16.0. The molecule has 0 bridgehead atoms. The van der Waals surface area contributed by atoms with Crippen molar-refractivity contribution >= 4 is 23.8 Å². The lowest BCUT2D eigenvalue weighted by Gasteiger charge is -2.11. The number of rotatable bonds is 9. The zero-order chi connectivity index (χ0) is 23.6. The van der Waals surface area contributed by atoms with Crippen molar-refractivity contribution in [2.75, 3.05) is 18.5 Å². The number of hydrazone groups is 1. The summed E-state index contributed by atoms with van der Waals surface area (Å²) in [5.74, 6) is -0.822. The van der Waals surface area contributed by atoms with Crippen LogP contribution in [-0.2, 0) is 4.79 Å². The monoisotopic (exact) mass is 449 g/mol. The van der Waals surface area contributed by atoms with Crippen LogP contribution < -0.4 is 20.2 Å². The maximum absolute atomic E-state index is 13.1. The largest absolute Gasteiger partial charge is 0.490 e. The summed E-state index contributed by atoms with van der Waals surface area (Å²) < 4.78 is 24.0. The number of hydrogen-bond donors (Lipinski definition) is 2. The third-order valence-corrected chi connectivity index (χ3v) is 4.54. The van der Waals surface area contributed by atoms with Gasteiger partial charge in [0.25, 0.3) is 5.91 Å². The minimum absolute atomic E-state index is 0.0741. The first kappa shape index (κ1) is 23.5. The molecule has 0 aliphatic heterocycles. The average Bonchev–Trinajstić information content (AvgIpc) is 2.80. The fourth-order valence-electron chi connectivity index (χ4n) is 2.87. The van der Waals surface area contributed by atoms with E-state index >= 15 is 0 Å². The third kappa shape index (κ3) is 6.90. The van der Waals surface area contributed by atoms with E-state index in [9.17, 15) is 14.0 Å². The molecule has 0 aliphatic rings. The highest BCUT2D eigenvalue weighted by molar-refractivity contribution is 5.91. The Morgan fingerprint density at radius 1 is 1.03 bits per heavy atom. The van der Waals surface area contributed by atoms with Crippen molar-refractivity contribution in [2.45, 2.75) is 13.8 Å². The predicted molar refractivity (Wildman–Crippen MR) is 124 cm³/mol. The van der Waals surface area contributed by atoms with Gasteiger partial charge in [0.15, 0.2) is 11.5 Å². The molecule has 3 aromatic carbocycles. The molecule has 1 amide bonds. The maximum Gasteiger partial charge on any atom is 0.343 e. The molecule has 3 rings (SSSR count). The molecule has 0 unspecified atom stereocenters. The number of hydrogen-bond acceptors (Lipinski definition) is 6. The van der Waals surface area contributed by atoms with Crippen LogP contribution >= 0.6 is 0 Å². The van der Waals surface area contributed by atoms with Gasteiger partial charge in [0, 0.05) is 5.69 Å². The minimum Gasteiger partial charge on any atom is -0.490 e. The molecule has 33 heavy (non-hydrogen) atoms. The molecule has 0 atom stereocenters. The van der Waals surface area contributed by atoms with E-state index in [1.807, 2.05) is 31.2 Å². The molecule has 0 saturated heterocycles. The number of anilines is 1. The molecule has 0 spiro atoms. The SMILES string of the molecule is CCOc1cc(C=NNC(=O)CNc2ccccc2C)ccc1OC(=O)c1ccc(F)cc1. The van der Waals surface area contributed by atoms with Crippen LogP contribution in [0.3, 0.4) is 0 Å². The van der Waals surface area contributed by atoms with Gasteiger partial charge in [-0.3, -0.25) is 4.79 Å². The van der Waals surface area contributed by atoms with Crippen molar-refractivity contribution in [1.29, 1.82) is 0 Å². The topological polar surface area (TPSA) is 89.0 Å². The number of amides is 1. The quantitative estimate of drug-likeness (QED) is 0.220. The summed E-state index contributed by atoms with van der Waals surface area (Å²) in [6.07, 6.45) is 1.46. The Kier molecular flexibility index (Phi) is 8.13. The second kappa shape index (κ2) is 11.4. The summed E-state index contributed by atoms with van der Waals surface area (Å²) in [7, 11) is 0. The Morgan fingerprint density at radius 2 is 1.79 bits per heavy atom. The number of aryl methyl sites for hydroxylation is 1. The molecular formula is C25H24FN3O4. The Bertz CT molecular complexity index is 1150. The van der Waals surface area contributed by atoms with Crippen LogP contribution in [0.4, 0.5) is 10.1 Å². The van der Waals surface area contributed by atoms with Gasteiger partial charge in [-0.2, -0.15) is 5.10 Å². The lowest BCUT2D eigenvalue weighted by molar-refractivity contribution is -0.119. The summed E-state index contributed by atoms with van der Waals surface area (Å²) in [6.45, 7) is 4.18. The van der Waals surface area contributed by atoms with Crippen molar-refractivity contribution in [3.8, 4) is 11.5 Å². The molecule has 0 saturated carbocycles. The molecule has 0 aliphatic carbocycles. The number of halogens is 1. The summed E-state index contributed by atoms with van der Waals surface area (Å²) in [4.78, 5) is 24.3. The van der Waals surface area contributed by atoms with E-state index in [1.54, 1.807) is 25.1 Å². The van der Waals surface area contributed by atoms with Gasteiger partial charge in [-0.05, 0) is 73.5 Å². The van der Waals surface area contributed by atoms with Crippen LogP contribution in [0.15, 0.2) is 71.8 Å². The summed E-state index contributed by atoms with van der Waals surface area (Å²) in [5.41, 5.74) is 5.22. The number of nitrogens with one attached hydrogen (secondary N) is 2. The molecule has 0 fully saturated rings. The third-order valence-electron chi connectivity index (χ3n) is 4.54. The number of nitrogens with zero attached hydrogens (tertiary/aromatic N) is 1. The van der Waals surface area contributed by atoms with Crippen LogP contribution in [0.1, 0.15) is 28.4 Å². The average molecular weight is 449 g/mol. The molecule has 7 nitrogen and oxygen atoms in total. The number of para-hydroxylation sites is 1. The Balaban J connectivity index is 1.60. The van der Waals surface area contributed by atoms with Crippen LogP contribution in [0, 0.1) is 12.7 Å². The molecule has 0 aromatic heterocycles. The Labute approximate surface area is 191 Å². The fourth-order valence-corrected chi connectivity index (χ4v) is 2.87. The van der Waals surface area contributed by atoms with E-state index in [4.69, 9.17) is 9.47 Å². The van der Waals surface area contributed by atoms with Crippen molar-refractivity contribution in [2.24, 2.45) is 5.10 Å². The van der Waals surface area contributed by atoms with Crippen molar-refractivity contribution in [1.82, 2.24) is 5.43 Å². The first-order valence-electron chi connectivity index (χ1n) is 10.3. The smallest absolute Gasteiger partial charge is 0.343 e. The highest BCUT2D eigenvalue weighted by Crippen LogP contribution is 2.29.